The first-order valence-corrected chi connectivity index (χ1v) is 5.57. The third-order valence-corrected chi connectivity index (χ3v) is 2.60. The van der Waals surface area contributed by atoms with Crippen molar-refractivity contribution in [1.29, 1.82) is 0 Å². The fourth-order valence-electron chi connectivity index (χ4n) is 1.77. The predicted molar refractivity (Wildman–Crippen MR) is 64.2 cm³/mol. The van der Waals surface area contributed by atoms with Crippen molar-refractivity contribution in [1.82, 2.24) is 4.98 Å². The van der Waals surface area contributed by atoms with E-state index >= 15 is 0 Å². The molecular formula is C14H14FNO. The van der Waals surface area contributed by atoms with Crippen molar-refractivity contribution in [2.24, 2.45) is 0 Å². The van der Waals surface area contributed by atoms with E-state index in [1.807, 2.05) is 30.3 Å². The molecule has 2 nitrogen and oxygen atoms in total. The molecule has 2 aromatic rings. The van der Waals surface area contributed by atoms with Gasteiger partial charge in [0.1, 0.15) is 0 Å². The van der Waals surface area contributed by atoms with Gasteiger partial charge in [-0.05, 0) is 23.6 Å². The summed E-state index contributed by atoms with van der Waals surface area (Å²) < 4.78 is 13.3. The smallest absolute Gasteiger partial charge is 0.216 e. The van der Waals surface area contributed by atoms with Crippen molar-refractivity contribution in [3.63, 3.8) is 0 Å². The summed E-state index contributed by atoms with van der Waals surface area (Å²) in [5, 5.41) is 8.83. The van der Waals surface area contributed by atoms with E-state index in [4.69, 9.17) is 5.11 Å². The summed E-state index contributed by atoms with van der Waals surface area (Å²) in [4.78, 5) is 3.72. The zero-order chi connectivity index (χ0) is 12.1. The van der Waals surface area contributed by atoms with E-state index in [-0.39, 0.29) is 6.61 Å². The standard InChI is InChI=1S/C14H14FNO/c15-14-13(6-7-17)9-12(10-16-14)8-11-4-2-1-3-5-11/h1-5,9-10,17H,6-8H2. The Labute approximate surface area is 99.8 Å². The number of nitrogens with zero attached hydrogens (tertiary/aromatic N) is 1. The number of hydrogen-bond donors (Lipinski definition) is 1. The average Bonchev–Trinajstić information content (AvgIpc) is 2.35. The molecule has 1 heterocycles. The van der Waals surface area contributed by atoms with Crippen LogP contribution in [0.25, 0.3) is 0 Å². The van der Waals surface area contributed by atoms with E-state index in [1.54, 1.807) is 12.3 Å². The summed E-state index contributed by atoms with van der Waals surface area (Å²) >= 11 is 0. The highest BCUT2D eigenvalue weighted by molar-refractivity contribution is 5.27. The van der Waals surface area contributed by atoms with Crippen molar-refractivity contribution < 1.29 is 9.50 Å². The topological polar surface area (TPSA) is 33.1 Å². The maximum atomic E-state index is 13.3. The molecule has 1 aromatic heterocycles. The quantitative estimate of drug-likeness (QED) is 0.819. The summed E-state index contributed by atoms with van der Waals surface area (Å²) in [6.45, 7) is -0.0621. The van der Waals surface area contributed by atoms with Crippen molar-refractivity contribution in [3.8, 4) is 0 Å². The number of benzene rings is 1. The second kappa shape index (κ2) is 5.55. The first kappa shape index (κ1) is 11.7. The SMILES string of the molecule is OCCc1cc(Cc2ccccc2)cnc1F. The Kier molecular flexibility index (Phi) is 3.83. The molecule has 0 unspecified atom stereocenters. The van der Waals surface area contributed by atoms with Crippen LogP contribution in [-0.2, 0) is 12.8 Å². The lowest BCUT2D eigenvalue weighted by molar-refractivity contribution is 0.297. The normalized spacial score (nSPS) is 10.5. The van der Waals surface area contributed by atoms with E-state index in [1.165, 1.54) is 0 Å². The molecule has 0 saturated heterocycles. The van der Waals surface area contributed by atoms with Crippen LogP contribution in [0, 0.1) is 5.95 Å². The monoisotopic (exact) mass is 231 g/mol. The zero-order valence-electron chi connectivity index (χ0n) is 9.44. The molecule has 0 aliphatic heterocycles. The summed E-state index contributed by atoms with van der Waals surface area (Å²) in [6, 6.07) is 11.7. The lowest BCUT2D eigenvalue weighted by Crippen LogP contribution is -2.00. The third-order valence-electron chi connectivity index (χ3n) is 2.60. The Bertz CT molecular complexity index is 485. The second-order valence-electron chi connectivity index (χ2n) is 3.93. The van der Waals surface area contributed by atoms with Crippen LogP contribution >= 0.6 is 0 Å². The Morgan fingerprint density at radius 3 is 2.59 bits per heavy atom. The van der Waals surface area contributed by atoms with Crippen LogP contribution in [0.2, 0.25) is 0 Å². The lowest BCUT2D eigenvalue weighted by atomic mass is 10.0. The predicted octanol–water partition coefficient (Wildman–Crippen LogP) is 2.35. The number of aliphatic hydroxyl groups is 1. The van der Waals surface area contributed by atoms with Crippen molar-refractivity contribution >= 4 is 0 Å². The molecule has 0 amide bonds. The first-order chi connectivity index (χ1) is 8.29. The minimum Gasteiger partial charge on any atom is -0.396 e. The Morgan fingerprint density at radius 1 is 1.12 bits per heavy atom. The highest BCUT2D eigenvalue weighted by Crippen LogP contribution is 2.12. The molecule has 2 rings (SSSR count). The van der Waals surface area contributed by atoms with Crippen LogP contribution in [0.15, 0.2) is 42.6 Å². The van der Waals surface area contributed by atoms with Gasteiger partial charge in [-0.1, -0.05) is 30.3 Å². The van der Waals surface area contributed by atoms with Gasteiger partial charge in [0.25, 0.3) is 0 Å². The fraction of sp³-hybridized carbons (Fsp3) is 0.214. The highest BCUT2D eigenvalue weighted by atomic mass is 19.1. The van der Waals surface area contributed by atoms with Crippen LogP contribution in [0.4, 0.5) is 4.39 Å². The summed E-state index contributed by atoms with van der Waals surface area (Å²) in [5.41, 5.74) is 2.60. The van der Waals surface area contributed by atoms with Crippen molar-refractivity contribution in [3.05, 3.63) is 65.2 Å². The van der Waals surface area contributed by atoms with E-state index in [2.05, 4.69) is 4.98 Å². The highest BCUT2D eigenvalue weighted by Gasteiger charge is 2.05. The lowest BCUT2D eigenvalue weighted by Gasteiger charge is -2.05. The molecule has 0 atom stereocenters. The van der Waals surface area contributed by atoms with E-state index in [0.717, 1.165) is 17.5 Å². The Balaban J connectivity index is 2.19. The van der Waals surface area contributed by atoms with Crippen LogP contribution in [0.3, 0.4) is 0 Å². The van der Waals surface area contributed by atoms with Gasteiger partial charge in [0, 0.05) is 24.8 Å². The Hall–Kier alpha value is -1.74. The van der Waals surface area contributed by atoms with Gasteiger partial charge in [-0.3, -0.25) is 0 Å². The molecule has 0 bridgehead atoms. The molecule has 1 N–H and O–H groups in total. The van der Waals surface area contributed by atoms with E-state index in [0.29, 0.717) is 12.0 Å². The molecule has 0 radical (unpaired) electrons. The largest absolute Gasteiger partial charge is 0.396 e. The maximum absolute atomic E-state index is 13.3. The van der Waals surface area contributed by atoms with E-state index < -0.39 is 5.95 Å². The summed E-state index contributed by atoms with van der Waals surface area (Å²) in [6.07, 6.45) is 2.58. The summed E-state index contributed by atoms with van der Waals surface area (Å²) in [7, 11) is 0. The number of hydrogen-bond acceptors (Lipinski definition) is 2. The van der Waals surface area contributed by atoms with Gasteiger partial charge in [0.15, 0.2) is 0 Å². The third kappa shape index (κ3) is 3.11. The molecule has 0 spiro atoms. The van der Waals surface area contributed by atoms with Crippen LogP contribution < -0.4 is 0 Å². The van der Waals surface area contributed by atoms with Gasteiger partial charge in [-0.2, -0.15) is 4.39 Å². The number of pyridine rings is 1. The fourth-order valence-corrected chi connectivity index (χ4v) is 1.77. The molecule has 0 fully saturated rings. The van der Waals surface area contributed by atoms with Gasteiger partial charge in [-0.25, -0.2) is 4.98 Å². The van der Waals surface area contributed by atoms with Crippen LogP contribution in [-0.4, -0.2) is 16.7 Å². The molecule has 88 valence electrons. The number of aromatic nitrogens is 1. The number of halogens is 1. The van der Waals surface area contributed by atoms with Gasteiger partial charge < -0.3 is 5.11 Å². The molecule has 0 aliphatic carbocycles. The van der Waals surface area contributed by atoms with Gasteiger partial charge >= 0.3 is 0 Å². The minimum atomic E-state index is -0.490. The molecule has 1 aromatic carbocycles. The van der Waals surface area contributed by atoms with Crippen LogP contribution in [0.1, 0.15) is 16.7 Å². The van der Waals surface area contributed by atoms with Gasteiger partial charge in [0.2, 0.25) is 5.95 Å². The molecular weight excluding hydrogens is 217 g/mol. The second-order valence-corrected chi connectivity index (χ2v) is 3.93. The average molecular weight is 231 g/mol. The maximum Gasteiger partial charge on any atom is 0.216 e. The number of rotatable bonds is 4. The first-order valence-electron chi connectivity index (χ1n) is 5.57. The molecule has 3 heteroatoms. The number of aliphatic hydroxyl groups excluding tert-OH is 1. The van der Waals surface area contributed by atoms with Crippen molar-refractivity contribution in [2.45, 2.75) is 12.8 Å². The van der Waals surface area contributed by atoms with Gasteiger partial charge in [0.05, 0.1) is 0 Å². The molecule has 0 saturated carbocycles. The van der Waals surface area contributed by atoms with Gasteiger partial charge in [-0.15, -0.1) is 0 Å². The van der Waals surface area contributed by atoms with Crippen molar-refractivity contribution in [2.75, 3.05) is 6.61 Å². The molecule has 17 heavy (non-hydrogen) atoms. The van der Waals surface area contributed by atoms with E-state index in [9.17, 15) is 4.39 Å². The molecule has 0 aliphatic rings. The van der Waals surface area contributed by atoms with Crippen LogP contribution in [0.5, 0.6) is 0 Å². The summed E-state index contributed by atoms with van der Waals surface area (Å²) in [5.74, 6) is -0.490. The Morgan fingerprint density at radius 2 is 1.88 bits per heavy atom. The minimum absolute atomic E-state index is 0.0621. The zero-order valence-corrected chi connectivity index (χ0v) is 9.44.